The first-order valence-electron chi connectivity index (χ1n) is 7.48. The molecule has 0 aliphatic heterocycles. The Morgan fingerprint density at radius 2 is 1.96 bits per heavy atom. The van der Waals surface area contributed by atoms with Gasteiger partial charge in [0.25, 0.3) is 0 Å². The van der Waals surface area contributed by atoms with Crippen LogP contribution in [0.3, 0.4) is 0 Å². The second-order valence-corrected chi connectivity index (χ2v) is 5.54. The topological polar surface area (TPSA) is 91.3 Å². The van der Waals surface area contributed by atoms with Crippen LogP contribution in [0.4, 0.5) is 5.82 Å². The van der Waals surface area contributed by atoms with Gasteiger partial charge in [0.15, 0.2) is 11.6 Å². The predicted molar refractivity (Wildman–Crippen MR) is 89.6 cm³/mol. The van der Waals surface area contributed by atoms with Crippen LogP contribution < -0.4 is 11.4 Å². The molecule has 3 aromatic heterocycles. The van der Waals surface area contributed by atoms with Crippen molar-refractivity contribution < 1.29 is 4.42 Å². The van der Waals surface area contributed by atoms with E-state index < -0.39 is 0 Å². The van der Waals surface area contributed by atoms with Gasteiger partial charge in [-0.3, -0.25) is 0 Å². The van der Waals surface area contributed by atoms with Crippen LogP contribution in [-0.4, -0.2) is 19.2 Å². The molecule has 0 fully saturated rings. The van der Waals surface area contributed by atoms with Crippen molar-refractivity contribution in [1.29, 1.82) is 0 Å². The summed E-state index contributed by atoms with van der Waals surface area (Å²) in [4.78, 5) is 16.9. The number of nitrogens with two attached hydrogens (primary N) is 1. The zero-order valence-corrected chi connectivity index (χ0v) is 13.0. The molecule has 0 amide bonds. The van der Waals surface area contributed by atoms with Crippen LogP contribution >= 0.6 is 0 Å². The highest BCUT2D eigenvalue weighted by Gasteiger charge is 2.14. The normalized spacial score (nSPS) is 11.2. The smallest absolute Gasteiger partial charge is 0.350 e. The van der Waals surface area contributed by atoms with Crippen molar-refractivity contribution in [1.82, 2.24) is 19.2 Å². The van der Waals surface area contributed by atoms with E-state index in [0.29, 0.717) is 23.6 Å². The lowest BCUT2D eigenvalue weighted by molar-refractivity contribution is 0.546. The molecule has 0 bridgehead atoms. The molecule has 0 spiro atoms. The molecule has 3 heterocycles. The summed E-state index contributed by atoms with van der Waals surface area (Å²) in [6.45, 7) is 2.21. The van der Waals surface area contributed by atoms with Gasteiger partial charge >= 0.3 is 5.69 Å². The van der Waals surface area contributed by atoms with Crippen molar-refractivity contribution in [3.05, 3.63) is 70.5 Å². The van der Waals surface area contributed by atoms with Gasteiger partial charge < -0.3 is 10.2 Å². The molecule has 4 aromatic rings. The Labute approximate surface area is 137 Å². The highest BCUT2D eigenvalue weighted by Crippen LogP contribution is 2.21. The molecule has 1 aromatic carbocycles. The van der Waals surface area contributed by atoms with E-state index in [1.807, 2.05) is 43.3 Å². The van der Waals surface area contributed by atoms with Gasteiger partial charge in [0.05, 0.1) is 6.54 Å². The van der Waals surface area contributed by atoms with Crippen LogP contribution in [0, 0.1) is 6.92 Å². The van der Waals surface area contributed by atoms with Gasteiger partial charge in [0.2, 0.25) is 5.65 Å². The van der Waals surface area contributed by atoms with Crippen molar-refractivity contribution in [3.63, 3.8) is 0 Å². The van der Waals surface area contributed by atoms with Crippen molar-refractivity contribution in [2.75, 3.05) is 5.73 Å². The summed E-state index contributed by atoms with van der Waals surface area (Å²) in [6.07, 6.45) is 1.60. The van der Waals surface area contributed by atoms with Crippen LogP contribution in [-0.2, 0) is 6.54 Å². The third-order valence-corrected chi connectivity index (χ3v) is 3.76. The summed E-state index contributed by atoms with van der Waals surface area (Å²) >= 11 is 0. The molecule has 7 heteroatoms. The number of nitrogen functional groups attached to an aromatic ring is 1. The number of anilines is 1. The van der Waals surface area contributed by atoms with E-state index in [1.165, 1.54) is 9.08 Å². The molecule has 0 aliphatic carbocycles. The Morgan fingerprint density at radius 1 is 1.17 bits per heavy atom. The predicted octanol–water partition coefficient (Wildman–Crippen LogP) is 2.09. The number of hydrogen-bond donors (Lipinski definition) is 1. The van der Waals surface area contributed by atoms with E-state index in [4.69, 9.17) is 10.2 Å². The van der Waals surface area contributed by atoms with Crippen LogP contribution in [0.25, 0.3) is 17.1 Å². The monoisotopic (exact) mass is 321 g/mol. The Hall–Kier alpha value is -3.35. The van der Waals surface area contributed by atoms with Crippen LogP contribution in [0.2, 0.25) is 0 Å². The van der Waals surface area contributed by atoms with E-state index >= 15 is 0 Å². The lowest BCUT2D eigenvalue weighted by atomic mass is 10.2. The summed E-state index contributed by atoms with van der Waals surface area (Å²) in [5.41, 5.74) is 7.53. The van der Waals surface area contributed by atoms with Gasteiger partial charge in [0.1, 0.15) is 11.5 Å². The van der Waals surface area contributed by atoms with Gasteiger partial charge in [-0.15, -0.1) is 5.10 Å². The highest BCUT2D eigenvalue weighted by atomic mass is 16.3. The minimum atomic E-state index is -0.271. The maximum absolute atomic E-state index is 12.6. The lowest BCUT2D eigenvalue weighted by Crippen LogP contribution is -2.21. The number of aromatic nitrogens is 4. The summed E-state index contributed by atoms with van der Waals surface area (Å²) in [6, 6.07) is 13.3. The third-order valence-electron chi connectivity index (χ3n) is 3.76. The molecule has 120 valence electrons. The summed E-state index contributed by atoms with van der Waals surface area (Å²) in [7, 11) is 0. The number of benzene rings is 1. The SMILES string of the molecule is Cc1ccc(-c2cn3c(=O)n(Cc4ccccc4)nc3c(N)n2)o1. The van der Waals surface area contributed by atoms with E-state index in [0.717, 1.165) is 11.3 Å². The molecule has 24 heavy (non-hydrogen) atoms. The van der Waals surface area contributed by atoms with E-state index in [1.54, 1.807) is 12.3 Å². The van der Waals surface area contributed by atoms with Crippen molar-refractivity contribution in [2.24, 2.45) is 0 Å². The first-order valence-corrected chi connectivity index (χ1v) is 7.48. The zero-order chi connectivity index (χ0) is 16.7. The number of rotatable bonds is 3. The zero-order valence-electron chi connectivity index (χ0n) is 13.0. The first kappa shape index (κ1) is 14.3. The standard InChI is InChI=1S/C17H15N5O2/c1-11-7-8-14(24-11)13-10-21-16(15(18)19-13)20-22(17(21)23)9-12-5-3-2-4-6-12/h2-8,10H,9H2,1H3,(H2,18,19). The Bertz CT molecular complexity index is 1080. The maximum atomic E-state index is 12.6. The van der Waals surface area contributed by atoms with Gasteiger partial charge in [0, 0.05) is 6.20 Å². The molecule has 7 nitrogen and oxygen atoms in total. The third kappa shape index (κ3) is 2.36. The molecule has 4 rings (SSSR count). The van der Waals surface area contributed by atoms with Crippen LogP contribution in [0.15, 0.2) is 57.9 Å². The molecule has 0 radical (unpaired) electrons. The molecular weight excluding hydrogens is 306 g/mol. The second kappa shape index (κ2) is 5.38. The second-order valence-electron chi connectivity index (χ2n) is 5.54. The molecule has 0 unspecified atom stereocenters. The fourth-order valence-electron chi connectivity index (χ4n) is 2.59. The fraction of sp³-hybridized carbons (Fsp3) is 0.118. The molecule has 0 saturated heterocycles. The fourth-order valence-corrected chi connectivity index (χ4v) is 2.59. The van der Waals surface area contributed by atoms with E-state index in [9.17, 15) is 4.79 Å². The average Bonchev–Trinajstić information content (AvgIpc) is 3.14. The molecule has 0 saturated carbocycles. The minimum absolute atomic E-state index is 0.186. The number of fused-ring (bicyclic) bond motifs is 1. The molecule has 0 aliphatic rings. The van der Waals surface area contributed by atoms with Crippen molar-refractivity contribution in [2.45, 2.75) is 13.5 Å². The van der Waals surface area contributed by atoms with Gasteiger partial charge in [-0.05, 0) is 24.6 Å². The number of furan rings is 1. The molecule has 2 N–H and O–H groups in total. The Kier molecular flexibility index (Phi) is 3.19. The number of aryl methyl sites for hydroxylation is 1. The summed E-state index contributed by atoms with van der Waals surface area (Å²) < 4.78 is 8.33. The highest BCUT2D eigenvalue weighted by molar-refractivity contribution is 5.64. The minimum Gasteiger partial charge on any atom is -0.460 e. The average molecular weight is 321 g/mol. The first-order chi connectivity index (χ1) is 11.6. The number of hydrogen-bond acceptors (Lipinski definition) is 5. The van der Waals surface area contributed by atoms with E-state index in [-0.39, 0.29) is 11.5 Å². The molecule has 0 atom stereocenters. The van der Waals surface area contributed by atoms with Crippen LogP contribution in [0.5, 0.6) is 0 Å². The van der Waals surface area contributed by atoms with E-state index in [2.05, 4.69) is 10.1 Å². The quantitative estimate of drug-likeness (QED) is 0.624. The summed E-state index contributed by atoms with van der Waals surface area (Å²) in [5, 5.41) is 4.30. The van der Waals surface area contributed by atoms with Crippen molar-refractivity contribution in [3.8, 4) is 11.5 Å². The maximum Gasteiger partial charge on any atom is 0.350 e. The summed E-state index contributed by atoms with van der Waals surface area (Å²) in [5.74, 6) is 1.51. The number of nitrogens with zero attached hydrogens (tertiary/aromatic N) is 4. The van der Waals surface area contributed by atoms with Crippen molar-refractivity contribution >= 4 is 11.5 Å². The largest absolute Gasteiger partial charge is 0.460 e. The molecular formula is C17H15N5O2. The lowest BCUT2D eigenvalue weighted by Gasteiger charge is -2.00. The van der Waals surface area contributed by atoms with Gasteiger partial charge in [-0.2, -0.15) is 0 Å². The Balaban J connectivity index is 1.83. The Morgan fingerprint density at radius 3 is 2.67 bits per heavy atom. The van der Waals surface area contributed by atoms with Crippen LogP contribution in [0.1, 0.15) is 11.3 Å². The van der Waals surface area contributed by atoms with Gasteiger partial charge in [-0.25, -0.2) is 18.9 Å². The van der Waals surface area contributed by atoms with Gasteiger partial charge in [-0.1, -0.05) is 30.3 Å².